The number of methoxy groups -OCH3 is 2. The van der Waals surface area contributed by atoms with Crippen LogP contribution in [0.5, 0.6) is 11.5 Å². The summed E-state index contributed by atoms with van der Waals surface area (Å²) in [5, 5.41) is 3.04. The molecule has 9 nitrogen and oxygen atoms in total. The molecule has 0 aliphatic heterocycles. The van der Waals surface area contributed by atoms with Crippen molar-refractivity contribution >= 4 is 27.5 Å². The van der Waals surface area contributed by atoms with Crippen molar-refractivity contribution in [1.82, 2.24) is 10.2 Å². The van der Waals surface area contributed by atoms with E-state index >= 15 is 0 Å². The van der Waals surface area contributed by atoms with Crippen molar-refractivity contribution in [3.8, 4) is 11.5 Å². The lowest BCUT2D eigenvalue weighted by Gasteiger charge is -2.34. The Morgan fingerprint density at radius 2 is 1.43 bits per heavy atom. The van der Waals surface area contributed by atoms with Crippen molar-refractivity contribution in [2.24, 2.45) is 0 Å². The monoisotopic (exact) mass is 643 g/mol. The minimum atomic E-state index is -4.24. The number of sulfonamides is 1. The molecule has 0 bridgehead atoms. The first kappa shape index (κ1) is 34.1. The Bertz CT molecular complexity index is 1700. The first-order valence-electron chi connectivity index (χ1n) is 15.1. The molecule has 0 fully saturated rings. The van der Waals surface area contributed by atoms with Gasteiger partial charge in [0.2, 0.25) is 11.8 Å². The number of hydrogen-bond acceptors (Lipinski definition) is 6. The van der Waals surface area contributed by atoms with E-state index in [1.165, 1.54) is 24.1 Å². The predicted octanol–water partition coefficient (Wildman–Crippen LogP) is 5.45. The van der Waals surface area contributed by atoms with Gasteiger partial charge in [-0.05, 0) is 60.9 Å². The fourth-order valence-corrected chi connectivity index (χ4v) is 6.48. The molecule has 0 spiro atoms. The van der Waals surface area contributed by atoms with Gasteiger partial charge >= 0.3 is 0 Å². The zero-order valence-electron chi connectivity index (χ0n) is 26.6. The van der Waals surface area contributed by atoms with E-state index in [9.17, 15) is 18.0 Å². The Labute approximate surface area is 271 Å². The highest BCUT2D eigenvalue weighted by molar-refractivity contribution is 7.92. The number of nitrogens with zero attached hydrogens (tertiary/aromatic N) is 2. The largest absolute Gasteiger partial charge is 0.497 e. The Morgan fingerprint density at radius 3 is 2.09 bits per heavy atom. The molecule has 0 aromatic heterocycles. The van der Waals surface area contributed by atoms with Crippen LogP contribution in [-0.2, 0) is 32.6 Å². The molecule has 0 unspecified atom stereocenters. The summed E-state index contributed by atoms with van der Waals surface area (Å²) in [4.78, 5) is 30.1. The molecule has 0 saturated carbocycles. The van der Waals surface area contributed by atoms with Gasteiger partial charge in [-0.2, -0.15) is 0 Å². The molecular weight excluding hydrogens is 602 g/mol. The van der Waals surface area contributed by atoms with Crippen molar-refractivity contribution in [3.63, 3.8) is 0 Å². The van der Waals surface area contributed by atoms with Crippen LogP contribution in [0.3, 0.4) is 0 Å². The molecular formula is C36H41N3O6S. The van der Waals surface area contributed by atoms with Crippen molar-refractivity contribution in [2.45, 2.75) is 50.2 Å². The molecule has 2 atom stereocenters. The lowest BCUT2D eigenvalue weighted by molar-refractivity contribution is -0.140. The number of para-hydroxylation sites is 2. The third-order valence-corrected chi connectivity index (χ3v) is 9.50. The van der Waals surface area contributed by atoms with E-state index in [0.29, 0.717) is 12.2 Å². The Morgan fingerprint density at radius 1 is 0.804 bits per heavy atom. The zero-order valence-corrected chi connectivity index (χ0v) is 27.4. The van der Waals surface area contributed by atoms with Gasteiger partial charge in [0, 0.05) is 19.0 Å². The number of ether oxygens (including phenoxy) is 2. The lowest BCUT2D eigenvalue weighted by Crippen LogP contribution is -2.54. The third kappa shape index (κ3) is 8.45. The number of nitrogens with one attached hydrogen (secondary N) is 1. The normalized spacial score (nSPS) is 12.4. The standard InChI is InChI=1S/C36H41N3O6S/c1-5-27(2)37-36(41)33(24-28-15-8-6-9-16-28)38(25-29-17-14-18-30(23-29)44-3)35(40)26-39(32-21-12-13-22-34(32)45-4)46(42,43)31-19-10-7-11-20-31/h6-23,27,33H,5,24-26H2,1-4H3,(H,37,41)/t27-,33-/m1/s1. The van der Waals surface area contributed by atoms with Crippen molar-refractivity contribution in [2.75, 3.05) is 25.1 Å². The first-order valence-corrected chi connectivity index (χ1v) is 16.6. The maximum atomic E-state index is 14.6. The molecule has 1 N–H and O–H groups in total. The van der Waals surface area contributed by atoms with Gasteiger partial charge in [0.25, 0.3) is 10.0 Å². The van der Waals surface area contributed by atoms with Crippen LogP contribution in [0.25, 0.3) is 0 Å². The van der Waals surface area contributed by atoms with Gasteiger partial charge in [0.1, 0.15) is 24.1 Å². The minimum absolute atomic E-state index is 0.0170. The molecule has 2 amide bonds. The van der Waals surface area contributed by atoms with Gasteiger partial charge in [-0.25, -0.2) is 8.42 Å². The average Bonchev–Trinajstić information content (AvgIpc) is 3.09. The van der Waals surface area contributed by atoms with Crippen LogP contribution in [0.1, 0.15) is 31.4 Å². The summed E-state index contributed by atoms with van der Waals surface area (Å²) in [6, 6.07) is 30.2. The SMILES string of the molecule is CC[C@@H](C)NC(=O)[C@@H](Cc1ccccc1)N(Cc1cccc(OC)c1)C(=O)CN(c1ccccc1OC)S(=O)(=O)c1ccccc1. The molecule has 4 rings (SSSR count). The van der Waals surface area contributed by atoms with Crippen molar-refractivity contribution < 1.29 is 27.5 Å². The number of benzene rings is 4. The van der Waals surface area contributed by atoms with E-state index in [0.717, 1.165) is 15.4 Å². The van der Waals surface area contributed by atoms with E-state index in [2.05, 4.69) is 5.32 Å². The molecule has 0 radical (unpaired) electrons. The molecule has 0 saturated heterocycles. The topological polar surface area (TPSA) is 105 Å². The summed E-state index contributed by atoms with van der Waals surface area (Å²) in [5.41, 5.74) is 1.78. The number of hydrogen-bond donors (Lipinski definition) is 1. The Kier molecular flexibility index (Phi) is 11.8. The van der Waals surface area contributed by atoms with Crippen LogP contribution in [-0.4, -0.2) is 58.0 Å². The highest BCUT2D eigenvalue weighted by Crippen LogP contribution is 2.32. The fraction of sp³-hybridized carbons (Fsp3) is 0.278. The van der Waals surface area contributed by atoms with Gasteiger partial charge < -0.3 is 19.7 Å². The van der Waals surface area contributed by atoms with Crippen molar-refractivity contribution in [1.29, 1.82) is 0 Å². The molecule has 242 valence electrons. The van der Waals surface area contributed by atoms with Crippen LogP contribution in [0, 0.1) is 0 Å². The number of rotatable bonds is 15. The van der Waals surface area contributed by atoms with Crippen LogP contribution < -0.4 is 19.1 Å². The Hall–Kier alpha value is -4.83. The maximum absolute atomic E-state index is 14.6. The van der Waals surface area contributed by atoms with Crippen molar-refractivity contribution in [3.05, 3.63) is 120 Å². The molecule has 0 aliphatic rings. The van der Waals surface area contributed by atoms with Gasteiger partial charge in [-0.3, -0.25) is 13.9 Å². The van der Waals surface area contributed by atoms with E-state index < -0.39 is 28.5 Å². The fourth-order valence-electron chi connectivity index (χ4n) is 5.03. The highest BCUT2D eigenvalue weighted by atomic mass is 32.2. The highest BCUT2D eigenvalue weighted by Gasteiger charge is 2.35. The second-order valence-electron chi connectivity index (χ2n) is 10.9. The first-order chi connectivity index (χ1) is 22.2. The number of carbonyl (C=O) groups is 2. The second kappa shape index (κ2) is 15.9. The summed E-state index contributed by atoms with van der Waals surface area (Å²) >= 11 is 0. The predicted molar refractivity (Wildman–Crippen MR) is 179 cm³/mol. The number of carbonyl (C=O) groups excluding carboxylic acids is 2. The van der Waals surface area contributed by atoms with Gasteiger partial charge in [-0.15, -0.1) is 0 Å². The summed E-state index contributed by atoms with van der Waals surface area (Å²) in [5.74, 6) is -0.0157. The van der Waals surface area contributed by atoms with Gasteiger partial charge in [-0.1, -0.05) is 79.7 Å². The van der Waals surface area contributed by atoms with E-state index in [4.69, 9.17) is 9.47 Å². The number of amides is 2. The van der Waals surface area contributed by atoms with E-state index in [-0.39, 0.29) is 41.2 Å². The van der Waals surface area contributed by atoms with Crippen LogP contribution >= 0.6 is 0 Å². The van der Waals surface area contributed by atoms with E-state index in [1.54, 1.807) is 61.7 Å². The maximum Gasteiger partial charge on any atom is 0.264 e. The summed E-state index contributed by atoms with van der Waals surface area (Å²) in [7, 11) is -1.24. The zero-order chi connectivity index (χ0) is 33.1. The minimum Gasteiger partial charge on any atom is -0.497 e. The van der Waals surface area contributed by atoms with Crippen LogP contribution in [0.4, 0.5) is 5.69 Å². The molecule has 4 aromatic rings. The quantitative estimate of drug-likeness (QED) is 0.185. The molecule has 46 heavy (non-hydrogen) atoms. The van der Waals surface area contributed by atoms with Gasteiger partial charge in [0.05, 0.1) is 24.8 Å². The number of anilines is 1. The summed E-state index contributed by atoms with van der Waals surface area (Å²) < 4.78 is 40.4. The van der Waals surface area contributed by atoms with E-state index in [1.807, 2.05) is 56.3 Å². The van der Waals surface area contributed by atoms with Crippen LogP contribution in [0.15, 0.2) is 114 Å². The molecule has 0 aliphatic carbocycles. The third-order valence-electron chi connectivity index (χ3n) is 7.72. The summed E-state index contributed by atoms with van der Waals surface area (Å²) in [6.45, 7) is 3.33. The average molecular weight is 644 g/mol. The van der Waals surface area contributed by atoms with Crippen LogP contribution in [0.2, 0.25) is 0 Å². The lowest BCUT2D eigenvalue weighted by atomic mass is 10.0. The second-order valence-corrected chi connectivity index (χ2v) is 12.8. The molecule has 0 heterocycles. The molecule has 10 heteroatoms. The Balaban J connectivity index is 1.84. The summed E-state index contributed by atoms with van der Waals surface area (Å²) in [6.07, 6.45) is 0.920. The smallest absolute Gasteiger partial charge is 0.264 e. The molecule has 4 aromatic carbocycles. The van der Waals surface area contributed by atoms with Gasteiger partial charge in [0.15, 0.2) is 0 Å².